The van der Waals surface area contributed by atoms with Crippen LogP contribution >= 0.6 is 0 Å². The summed E-state index contributed by atoms with van der Waals surface area (Å²) in [5.41, 5.74) is 0.757. The molecule has 1 amide bonds. The maximum absolute atomic E-state index is 11.9. The van der Waals surface area contributed by atoms with Crippen molar-refractivity contribution in [2.24, 2.45) is 5.92 Å². The Morgan fingerprint density at radius 2 is 2.14 bits per heavy atom. The molecule has 0 saturated heterocycles. The topological polar surface area (TPSA) is 58.6 Å². The van der Waals surface area contributed by atoms with Crippen molar-refractivity contribution < 1.29 is 14.6 Å². The van der Waals surface area contributed by atoms with Crippen LogP contribution in [0, 0.1) is 5.92 Å². The Morgan fingerprint density at radius 3 is 2.86 bits per heavy atom. The quantitative estimate of drug-likeness (QED) is 0.847. The summed E-state index contributed by atoms with van der Waals surface area (Å²) >= 11 is 0. The summed E-state index contributed by atoms with van der Waals surface area (Å²) in [6.45, 7) is 0.249. The minimum absolute atomic E-state index is 0.0452. The fourth-order valence-electron chi connectivity index (χ4n) is 2.90. The number of rotatable bonds is 6. The molecule has 1 atom stereocenters. The molecule has 0 unspecified atom stereocenters. The Morgan fingerprint density at radius 1 is 1.38 bits per heavy atom. The summed E-state index contributed by atoms with van der Waals surface area (Å²) in [6.07, 6.45) is 5.99. The van der Waals surface area contributed by atoms with E-state index in [4.69, 9.17) is 4.74 Å². The lowest BCUT2D eigenvalue weighted by Crippen LogP contribution is -2.30. The molecule has 21 heavy (non-hydrogen) atoms. The molecule has 0 aromatic heterocycles. The van der Waals surface area contributed by atoms with E-state index in [0.717, 1.165) is 18.4 Å². The molecule has 0 bridgehead atoms. The van der Waals surface area contributed by atoms with E-state index in [1.165, 1.54) is 19.3 Å². The molecular weight excluding hydrogens is 266 g/mol. The first-order valence-corrected chi connectivity index (χ1v) is 7.77. The van der Waals surface area contributed by atoms with E-state index in [0.29, 0.717) is 18.1 Å². The van der Waals surface area contributed by atoms with Crippen LogP contribution in [0.15, 0.2) is 24.3 Å². The van der Waals surface area contributed by atoms with Gasteiger partial charge in [0.2, 0.25) is 5.91 Å². The van der Waals surface area contributed by atoms with Crippen LogP contribution in [0.2, 0.25) is 0 Å². The predicted molar refractivity (Wildman–Crippen MR) is 82.2 cm³/mol. The fourth-order valence-corrected chi connectivity index (χ4v) is 2.90. The van der Waals surface area contributed by atoms with Crippen LogP contribution in [0.5, 0.6) is 5.75 Å². The summed E-state index contributed by atoms with van der Waals surface area (Å²) in [5, 5.41) is 13.0. The van der Waals surface area contributed by atoms with Crippen LogP contribution in [-0.4, -0.2) is 24.7 Å². The summed E-state index contributed by atoms with van der Waals surface area (Å²) in [5.74, 6) is 1.27. The molecule has 0 aliphatic heterocycles. The number of ether oxygens (including phenoxy) is 1. The number of hydrogen-bond donors (Lipinski definition) is 2. The number of carbonyl (C=O) groups is 1. The zero-order chi connectivity index (χ0) is 15.1. The molecule has 1 aliphatic carbocycles. The van der Waals surface area contributed by atoms with E-state index in [9.17, 15) is 9.90 Å². The SMILES string of the molecule is COc1cccc([C@@H](O)CNC(=O)CC2CCCCC2)c1. The summed E-state index contributed by atoms with van der Waals surface area (Å²) < 4.78 is 5.13. The van der Waals surface area contributed by atoms with Crippen LogP contribution in [0.3, 0.4) is 0 Å². The third kappa shape index (κ3) is 5.05. The zero-order valence-electron chi connectivity index (χ0n) is 12.7. The lowest BCUT2D eigenvalue weighted by molar-refractivity contribution is -0.122. The normalized spacial score (nSPS) is 17.2. The first kappa shape index (κ1) is 15.8. The van der Waals surface area contributed by atoms with E-state index in [1.807, 2.05) is 18.2 Å². The standard InChI is InChI=1S/C17H25NO3/c1-21-15-9-5-8-14(11-15)16(19)12-18-17(20)10-13-6-3-2-4-7-13/h5,8-9,11,13,16,19H,2-4,6-7,10,12H2,1H3,(H,18,20)/t16-/m0/s1. The number of nitrogens with one attached hydrogen (secondary N) is 1. The van der Waals surface area contributed by atoms with Gasteiger partial charge in [-0.25, -0.2) is 0 Å². The molecule has 116 valence electrons. The van der Waals surface area contributed by atoms with Gasteiger partial charge < -0.3 is 15.2 Å². The molecule has 2 rings (SSSR count). The average molecular weight is 291 g/mol. The van der Waals surface area contributed by atoms with Crippen molar-refractivity contribution >= 4 is 5.91 Å². The van der Waals surface area contributed by atoms with Crippen molar-refractivity contribution in [1.29, 1.82) is 0 Å². The zero-order valence-corrected chi connectivity index (χ0v) is 12.7. The van der Waals surface area contributed by atoms with Crippen molar-refractivity contribution in [3.8, 4) is 5.75 Å². The van der Waals surface area contributed by atoms with Crippen LogP contribution in [-0.2, 0) is 4.79 Å². The molecule has 0 radical (unpaired) electrons. The summed E-state index contributed by atoms with van der Waals surface area (Å²) in [7, 11) is 1.59. The highest BCUT2D eigenvalue weighted by Gasteiger charge is 2.17. The maximum atomic E-state index is 11.9. The van der Waals surface area contributed by atoms with Gasteiger partial charge in [0.05, 0.1) is 13.2 Å². The minimum atomic E-state index is -0.699. The molecule has 1 aromatic carbocycles. The van der Waals surface area contributed by atoms with Crippen LogP contribution in [0.4, 0.5) is 0 Å². The van der Waals surface area contributed by atoms with E-state index >= 15 is 0 Å². The van der Waals surface area contributed by atoms with Gasteiger partial charge >= 0.3 is 0 Å². The summed E-state index contributed by atoms with van der Waals surface area (Å²) in [6, 6.07) is 7.29. The smallest absolute Gasteiger partial charge is 0.220 e. The number of hydrogen-bond acceptors (Lipinski definition) is 3. The highest BCUT2D eigenvalue weighted by atomic mass is 16.5. The van der Waals surface area contributed by atoms with E-state index in [1.54, 1.807) is 13.2 Å². The largest absolute Gasteiger partial charge is 0.497 e. The lowest BCUT2D eigenvalue weighted by atomic mass is 9.87. The van der Waals surface area contributed by atoms with Crippen LogP contribution < -0.4 is 10.1 Å². The Kier molecular flexibility index (Phi) is 6.05. The molecule has 1 aliphatic rings. The van der Waals surface area contributed by atoms with Gasteiger partial charge in [-0.05, 0) is 36.5 Å². The molecule has 0 spiro atoms. The van der Waals surface area contributed by atoms with Crippen molar-refractivity contribution in [2.75, 3.05) is 13.7 Å². The first-order chi connectivity index (χ1) is 10.2. The number of aliphatic hydroxyl groups is 1. The van der Waals surface area contributed by atoms with Gasteiger partial charge in [-0.15, -0.1) is 0 Å². The average Bonchev–Trinajstić information content (AvgIpc) is 2.53. The highest BCUT2D eigenvalue weighted by Crippen LogP contribution is 2.26. The number of aliphatic hydroxyl groups excluding tert-OH is 1. The third-order valence-corrected chi connectivity index (χ3v) is 4.17. The fraction of sp³-hybridized carbons (Fsp3) is 0.588. The van der Waals surface area contributed by atoms with Crippen molar-refractivity contribution in [2.45, 2.75) is 44.6 Å². The Balaban J connectivity index is 1.77. The molecule has 0 heterocycles. The van der Waals surface area contributed by atoms with Crippen LogP contribution in [0.1, 0.15) is 50.2 Å². The summed E-state index contributed by atoms with van der Waals surface area (Å²) in [4.78, 5) is 11.9. The van der Waals surface area contributed by atoms with Crippen molar-refractivity contribution in [1.82, 2.24) is 5.32 Å². The Bertz CT molecular complexity index is 455. The lowest BCUT2D eigenvalue weighted by Gasteiger charge is -2.21. The molecule has 1 saturated carbocycles. The maximum Gasteiger partial charge on any atom is 0.220 e. The monoisotopic (exact) mass is 291 g/mol. The Hall–Kier alpha value is -1.55. The molecule has 4 heteroatoms. The van der Waals surface area contributed by atoms with Gasteiger partial charge in [0.1, 0.15) is 5.75 Å². The van der Waals surface area contributed by atoms with Gasteiger partial charge in [0.15, 0.2) is 0 Å². The van der Waals surface area contributed by atoms with Crippen LogP contribution in [0.25, 0.3) is 0 Å². The third-order valence-electron chi connectivity index (χ3n) is 4.17. The van der Waals surface area contributed by atoms with Gasteiger partial charge in [-0.1, -0.05) is 31.4 Å². The number of benzene rings is 1. The van der Waals surface area contributed by atoms with Crippen molar-refractivity contribution in [3.05, 3.63) is 29.8 Å². The minimum Gasteiger partial charge on any atom is -0.497 e. The second kappa shape index (κ2) is 8.03. The molecule has 4 nitrogen and oxygen atoms in total. The van der Waals surface area contributed by atoms with Gasteiger partial charge in [0, 0.05) is 13.0 Å². The van der Waals surface area contributed by atoms with Gasteiger partial charge in [-0.3, -0.25) is 4.79 Å². The van der Waals surface area contributed by atoms with Gasteiger partial charge in [0.25, 0.3) is 0 Å². The van der Waals surface area contributed by atoms with Gasteiger partial charge in [-0.2, -0.15) is 0 Å². The number of carbonyl (C=O) groups excluding carboxylic acids is 1. The first-order valence-electron chi connectivity index (χ1n) is 7.77. The van der Waals surface area contributed by atoms with E-state index in [-0.39, 0.29) is 12.5 Å². The molecule has 1 aromatic rings. The van der Waals surface area contributed by atoms with E-state index in [2.05, 4.69) is 5.32 Å². The van der Waals surface area contributed by atoms with Crippen molar-refractivity contribution in [3.63, 3.8) is 0 Å². The predicted octanol–water partition coefficient (Wildman–Crippen LogP) is 2.82. The van der Waals surface area contributed by atoms with E-state index < -0.39 is 6.10 Å². The molecule has 2 N–H and O–H groups in total. The number of methoxy groups -OCH3 is 1. The highest BCUT2D eigenvalue weighted by molar-refractivity contribution is 5.76. The second-order valence-corrected chi connectivity index (χ2v) is 5.80. The second-order valence-electron chi connectivity index (χ2n) is 5.80. The Labute approximate surface area is 126 Å². The molecular formula is C17H25NO3. The molecule has 1 fully saturated rings. The number of amides is 1.